The predicted octanol–water partition coefficient (Wildman–Crippen LogP) is 2.69. The van der Waals surface area contributed by atoms with Gasteiger partial charge in [0.2, 0.25) is 0 Å². The number of carbonyl (C=O) groups is 2. The largest absolute Gasteiger partial charge is 0.506 e. The van der Waals surface area contributed by atoms with Gasteiger partial charge < -0.3 is 15.5 Å². The number of phenolic OH excluding ortho intramolecular Hbond substituents is 1. The van der Waals surface area contributed by atoms with E-state index in [-0.39, 0.29) is 23.8 Å². The van der Waals surface area contributed by atoms with Crippen molar-refractivity contribution in [3.63, 3.8) is 0 Å². The van der Waals surface area contributed by atoms with Gasteiger partial charge >= 0.3 is 5.97 Å². The van der Waals surface area contributed by atoms with Crippen molar-refractivity contribution in [3.8, 4) is 5.75 Å². The smallest absolute Gasteiger partial charge is 0.308 e. The number of rotatable bonds is 5. The van der Waals surface area contributed by atoms with E-state index in [0.717, 1.165) is 3.57 Å². The van der Waals surface area contributed by atoms with Crippen molar-refractivity contribution in [2.75, 3.05) is 6.54 Å². The van der Waals surface area contributed by atoms with Crippen LogP contribution in [0.3, 0.4) is 0 Å². The summed E-state index contributed by atoms with van der Waals surface area (Å²) in [5.41, 5.74) is 0.161. The Morgan fingerprint density at radius 2 is 1.90 bits per heavy atom. The highest BCUT2D eigenvalue weighted by Crippen LogP contribution is 2.27. The second kappa shape index (κ2) is 7.43. The number of benzene rings is 1. The van der Waals surface area contributed by atoms with Gasteiger partial charge in [0.25, 0.3) is 5.91 Å². The summed E-state index contributed by atoms with van der Waals surface area (Å²) in [5.74, 6) is -2.23. The van der Waals surface area contributed by atoms with E-state index in [9.17, 15) is 14.7 Å². The molecule has 1 rings (SSSR count). The molecule has 0 aliphatic heterocycles. The Hall–Kier alpha value is -0.580. The normalized spacial score (nSPS) is 12.2. The number of halogens is 2. The maximum Gasteiger partial charge on any atom is 0.308 e. The van der Waals surface area contributed by atoms with Gasteiger partial charge in [0.05, 0.1) is 15.1 Å². The summed E-state index contributed by atoms with van der Waals surface area (Å²) in [6.07, 6.45) is 0. The molecule has 0 saturated carbocycles. The van der Waals surface area contributed by atoms with Crippen molar-refractivity contribution in [2.45, 2.75) is 13.8 Å². The maximum absolute atomic E-state index is 12.0. The molecule has 1 aromatic carbocycles. The standard InChI is InChI=1S/C13H15I2NO4/c1-6(2)9(13(19)20)5-16-12(18)8-3-7(14)4-10(15)11(8)17/h3-4,6,9,17H,5H2,1-2H3,(H,16,18)(H,19,20). The molecule has 3 N–H and O–H groups in total. The second-order valence-electron chi connectivity index (χ2n) is 4.68. The van der Waals surface area contributed by atoms with E-state index in [1.54, 1.807) is 26.0 Å². The van der Waals surface area contributed by atoms with Crippen LogP contribution in [0.25, 0.3) is 0 Å². The van der Waals surface area contributed by atoms with Crippen molar-refractivity contribution in [2.24, 2.45) is 11.8 Å². The number of aromatic hydroxyl groups is 1. The molecule has 0 aliphatic rings. The van der Waals surface area contributed by atoms with Crippen LogP contribution in [-0.2, 0) is 4.79 Å². The quantitative estimate of drug-likeness (QED) is 0.540. The van der Waals surface area contributed by atoms with Gasteiger partial charge in [-0.25, -0.2) is 0 Å². The molecule has 5 nitrogen and oxygen atoms in total. The number of phenols is 1. The fraction of sp³-hybridized carbons (Fsp3) is 0.385. The van der Waals surface area contributed by atoms with Crippen LogP contribution in [0, 0.1) is 19.0 Å². The molecule has 0 saturated heterocycles. The van der Waals surface area contributed by atoms with E-state index in [0.29, 0.717) is 3.57 Å². The van der Waals surface area contributed by atoms with Gasteiger partial charge in [-0.1, -0.05) is 13.8 Å². The number of hydrogen-bond acceptors (Lipinski definition) is 3. The fourth-order valence-electron chi connectivity index (χ4n) is 1.65. The monoisotopic (exact) mass is 503 g/mol. The third-order valence-electron chi connectivity index (χ3n) is 2.88. The van der Waals surface area contributed by atoms with E-state index < -0.39 is 17.8 Å². The highest BCUT2D eigenvalue weighted by molar-refractivity contribution is 14.1. The zero-order valence-corrected chi connectivity index (χ0v) is 15.3. The van der Waals surface area contributed by atoms with Crippen LogP contribution in [0.1, 0.15) is 24.2 Å². The van der Waals surface area contributed by atoms with E-state index in [2.05, 4.69) is 27.9 Å². The molecule has 0 radical (unpaired) electrons. The van der Waals surface area contributed by atoms with Crippen molar-refractivity contribution < 1.29 is 19.8 Å². The predicted molar refractivity (Wildman–Crippen MR) is 91.8 cm³/mol. The lowest BCUT2D eigenvalue weighted by Crippen LogP contribution is -2.35. The van der Waals surface area contributed by atoms with Gasteiger partial charge in [0, 0.05) is 10.1 Å². The fourth-order valence-corrected chi connectivity index (χ4v) is 3.49. The lowest BCUT2D eigenvalue weighted by atomic mass is 9.96. The summed E-state index contributed by atoms with van der Waals surface area (Å²) in [6, 6.07) is 3.32. The van der Waals surface area contributed by atoms with Crippen molar-refractivity contribution in [3.05, 3.63) is 24.8 Å². The maximum atomic E-state index is 12.0. The molecule has 0 aliphatic carbocycles. The zero-order valence-electron chi connectivity index (χ0n) is 11.0. The Morgan fingerprint density at radius 3 is 2.40 bits per heavy atom. The van der Waals surface area contributed by atoms with Crippen molar-refractivity contribution >= 4 is 57.1 Å². The van der Waals surface area contributed by atoms with Gasteiger partial charge in [-0.05, 0) is 63.2 Å². The Bertz CT molecular complexity index is 531. The van der Waals surface area contributed by atoms with Gasteiger partial charge in [-0.3, -0.25) is 9.59 Å². The minimum Gasteiger partial charge on any atom is -0.506 e. The van der Waals surface area contributed by atoms with E-state index >= 15 is 0 Å². The average molecular weight is 503 g/mol. The summed E-state index contributed by atoms with van der Waals surface area (Å²) in [7, 11) is 0. The molecule has 20 heavy (non-hydrogen) atoms. The Balaban J connectivity index is 2.85. The molecular weight excluding hydrogens is 488 g/mol. The Kier molecular flexibility index (Phi) is 6.49. The molecule has 0 aromatic heterocycles. The first-order valence-corrected chi connectivity index (χ1v) is 8.08. The lowest BCUT2D eigenvalue weighted by molar-refractivity contribution is -0.142. The first-order chi connectivity index (χ1) is 9.23. The number of amides is 1. The minimum absolute atomic E-state index is 0.0350. The van der Waals surface area contributed by atoms with Crippen LogP contribution < -0.4 is 5.32 Å². The van der Waals surface area contributed by atoms with Crippen LogP contribution in [0.15, 0.2) is 12.1 Å². The van der Waals surface area contributed by atoms with Crippen LogP contribution in [-0.4, -0.2) is 28.6 Å². The average Bonchev–Trinajstić information content (AvgIpc) is 2.32. The van der Waals surface area contributed by atoms with Gasteiger partial charge in [0.15, 0.2) is 0 Å². The summed E-state index contributed by atoms with van der Waals surface area (Å²) < 4.78 is 1.41. The van der Waals surface area contributed by atoms with E-state index in [1.807, 2.05) is 22.6 Å². The Labute approximate surface area is 144 Å². The second-order valence-corrected chi connectivity index (χ2v) is 7.09. The first kappa shape index (κ1) is 17.5. The van der Waals surface area contributed by atoms with E-state index in [4.69, 9.17) is 5.11 Å². The molecule has 0 bridgehead atoms. The molecular formula is C13H15I2NO4. The minimum atomic E-state index is -0.943. The van der Waals surface area contributed by atoms with Crippen LogP contribution in [0.5, 0.6) is 5.75 Å². The third kappa shape index (κ3) is 4.47. The van der Waals surface area contributed by atoms with Crippen LogP contribution in [0.4, 0.5) is 0 Å². The molecule has 110 valence electrons. The molecule has 0 fully saturated rings. The molecule has 1 amide bonds. The molecule has 1 atom stereocenters. The van der Waals surface area contributed by atoms with Gasteiger partial charge in [-0.2, -0.15) is 0 Å². The number of carbonyl (C=O) groups excluding carboxylic acids is 1. The third-order valence-corrected chi connectivity index (χ3v) is 4.32. The molecule has 0 heterocycles. The first-order valence-electron chi connectivity index (χ1n) is 5.93. The number of nitrogens with one attached hydrogen (secondary N) is 1. The number of carboxylic acids is 1. The zero-order chi connectivity index (χ0) is 15.4. The molecule has 0 spiro atoms. The highest BCUT2D eigenvalue weighted by atomic mass is 127. The molecule has 1 aromatic rings. The molecule has 7 heteroatoms. The lowest BCUT2D eigenvalue weighted by Gasteiger charge is -2.17. The SMILES string of the molecule is CC(C)C(CNC(=O)c1cc(I)cc(I)c1O)C(=O)O. The van der Waals surface area contributed by atoms with Crippen LogP contribution >= 0.6 is 45.2 Å². The number of aliphatic carboxylic acids is 1. The number of hydrogen-bond donors (Lipinski definition) is 3. The summed E-state index contributed by atoms with van der Waals surface area (Å²) >= 11 is 4.00. The van der Waals surface area contributed by atoms with Crippen molar-refractivity contribution in [1.82, 2.24) is 5.32 Å². The van der Waals surface area contributed by atoms with Crippen LogP contribution in [0.2, 0.25) is 0 Å². The number of carboxylic acid groups (broad SMARTS) is 1. The van der Waals surface area contributed by atoms with Gasteiger partial charge in [-0.15, -0.1) is 0 Å². The highest BCUT2D eigenvalue weighted by Gasteiger charge is 2.23. The topological polar surface area (TPSA) is 86.6 Å². The summed E-state index contributed by atoms with van der Waals surface area (Å²) in [6.45, 7) is 3.61. The van der Waals surface area contributed by atoms with Gasteiger partial charge in [0.1, 0.15) is 5.75 Å². The van der Waals surface area contributed by atoms with E-state index in [1.165, 1.54) is 0 Å². The Morgan fingerprint density at radius 1 is 1.30 bits per heavy atom. The molecule has 1 unspecified atom stereocenters. The van der Waals surface area contributed by atoms with Crippen molar-refractivity contribution in [1.29, 1.82) is 0 Å². The summed E-state index contributed by atoms with van der Waals surface area (Å²) in [5, 5.41) is 21.5. The summed E-state index contributed by atoms with van der Waals surface area (Å²) in [4.78, 5) is 23.1.